The standard InChI is InChI=1S/C13H17Cl2N3/c14-11-5-4-10(12(15)6-11)8-18-13(16)17-7-9-2-1-3-9/h4-6,9H,1-3,7-8H2,(H3,16,17,18). The fourth-order valence-electron chi connectivity index (χ4n) is 1.82. The van der Waals surface area contributed by atoms with Gasteiger partial charge in [0.2, 0.25) is 0 Å². The van der Waals surface area contributed by atoms with E-state index in [9.17, 15) is 0 Å². The second kappa shape index (κ2) is 6.30. The van der Waals surface area contributed by atoms with Gasteiger partial charge in [-0.25, -0.2) is 4.99 Å². The number of nitrogens with zero attached hydrogens (tertiary/aromatic N) is 1. The van der Waals surface area contributed by atoms with Gasteiger partial charge in [0.25, 0.3) is 0 Å². The molecule has 0 unspecified atom stereocenters. The van der Waals surface area contributed by atoms with Crippen molar-refractivity contribution in [3.63, 3.8) is 0 Å². The molecule has 1 aliphatic rings. The van der Waals surface area contributed by atoms with Crippen molar-refractivity contribution in [1.29, 1.82) is 0 Å². The molecular weight excluding hydrogens is 269 g/mol. The van der Waals surface area contributed by atoms with Crippen LogP contribution in [0.15, 0.2) is 23.2 Å². The van der Waals surface area contributed by atoms with Crippen LogP contribution in [0.2, 0.25) is 10.0 Å². The molecule has 3 nitrogen and oxygen atoms in total. The first-order valence-electron chi connectivity index (χ1n) is 6.13. The highest BCUT2D eigenvalue weighted by molar-refractivity contribution is 6.35. The Kier molecular flexibility index (Phi) is 4.72. The van der Waals surface area contributed by atoms with E-state index in [-0.39, 0.29) is 0 Å². The van der Waals surface area contributed by atoms with Crippen LogP contribution in [0.25, 0.3) is 0 Å². The Morgan fingerprint density at radius 1 is 1.39 bits per heavy atom. The van der Waals surface area contributed by atoms with E-state index in [1.165, 1.54) is 19.3 Å². The van der Waals surface area contributed by atoms with Crippen molar-refractivity contribution < 1.29 is 0 Å². The molecule has 0 amide bonds. The minimum absolute atomic E-state index is 0.472. The van der Waals surface area contributed by atoms with Gasteiger partial charge in [-0.15, -0.1) is 0 Å². The molecule has 1 aromatic carbocycles. The number of rotatable bonds is 4. The van der Waals surface area contributed by atoms with E-state index in [1.807, 2.05) is 6.07 Å². The van der Waals surface area contributed by atoms with Gasteiger partial charge in [-0.3, -0.25) is 0 Å². The molecular formula is C13H17Cl2N3. The van der Waals surface area contributed by atoms with Crippen LogP contribution >= 0.6 is 23.2 Å². The first-order valence-corrected chi connectivity index (χ1v) is 6.88. The first-order chi connectivity index (χ1) is 8.65. The molecule has 98 valence electrons. The van der Waals surface area contributed by atoms with E-state index in [0.29, 0.717) is 22.5 Å². The topological polar surface area (TPSA) is 50.4 Å². The van der Waals surface area contributed by atoms with Crippen molar-refractivity contribution in [3.8, 4) is 0 Å². The summed E-state index contributed by atoms with van der Waals surface area (Å²) in [6.07, 6.45) is 3.93. The smallest absolute Gasteiger partial charge is 0.188 e. The average Bonchev–Trinajstić information content (AvgIpc) is 2.25. The summed E-state index contributed by atoms with van der Waals surface area (Å²) < 4.78 is 0. The lowest BCUT2D eigenvalue weighted by Gasteiger charge is -2.25. The molecule has 1 aromatic rings. The Hall–Kier alpha value is -0.930. The highest BCUT2D eigenvalue weighted by atomic mass is 35.5. The van der Waals surface area contributed by atoms with Crippen LogP contribution < -0.4 is 11.1 Å². The molecule has 0 radical (unpaired) electrons. The number of guanidine groups is 1. The lowest BCUT2D eigenvalue weighted by atomic mass is 9.85. The molecule has 2 rings (SSSR count). The summed E-state index contributed by atoms with van der Waals surface area (Å²) >= 11 is 11.9. The van der Waals surface area contributed by atoms with Crippen LogP contribution in [0.1, 0.15) is 24.8 Å². The van der Waals surface area contributed by atoms with Crippen molar-refractivity contribution in [2.45, 2.75) is 25.8 Å². The fourth-order valence-corrected chi connectivity index (χ4v) is 2.29. The van der Waals surface area contributed by atoms with E-state index in [1.54, 1.807) is 12.1 Å². The number of halogens is 2. The molecule has 0 aromatic heterocycles. The summed E-state index contributed by atoms with van der Waals surface area (Å²) in [6.45, 7) is 1.39. The van der Waals surface area contributed by atoms with Gasteiger partial charge < -0.3 is 11.1 Å². The van der Waals surface area contributed by atoms with Crippen LogP contribution in [0.4, 0.5) is 0 Å². The van der Waals surface area contributed by atoms with E-state index in [4.69, 9.17) is 28.9 Å². The third-order valence-corrected chi connectivity index (χ3v) is 3.82. The Morgan fingerprint density at radius 2 is 2.17 bits per heavy atom. The second-order valence-electron chi connectivity index (χ2n) is 4.62. The summed E-state index contributed by atoms with van der Waals surface area (Å²) in [5.74, 6) is 1.24. The quantitative estimate of drug-likeness (QED) is 0.659. The Balaban J connectivity index is 1.84. The molecule has 0 saturated heterocycles. The number of nitrogens with two attached hydrogens (primary N) is 1. The first kappa shape index (κ1) is 13.5. The predicted molar refractivity (Wildman–Crippen MR) is 77.1 cm³/mol. The van der Waals surface area contributed by atoms with Crippen LogP contribution in [0.3, 0.4) is 0 Å². The Bertz CT molecular complexity index is 442. The lowest BCUT2D eigenvalue weighted by Crippen LogP contribution is -2.37. The summed E-state index contributed by atoms with van der Waals surface area (Å²) in [6, 6.07) is 5.38. The highest BCUT2D eigenvalue weighted by Crippen LogP contribution is 2.25. The minimum atomic E-state index is 0.472. The van der Waals surface area contributed by atoms with Gasteiger partial charge in [-0.2, -0.15) is 0 Å². The van der Waals surface area contributed by atoms with Gasteiger partial charge in [0.1, 0.15) is 0 Å². The van der Waals surface area contributed by atoms with Gasteiger partial charge in [0.05, 0.1) is 6.54 Å². The Morgan fingerprint density at radius 3 is 2.78 bits per heavy atom. The largest absolute Gasteiger partial charge is 0.370 e. The van der Waals surface area contributed by atoms with Crippen LogP contribution in [-0.2, 0) is 6.54 Å². The summed E-state index contributed by atoms with van der Waals surface area (Å²) in [7, 11) is 0. The maximum atomic E-state index is 6.06. The van der Waals surface area contributed by atoms with Crippen molar-refractivity contribution >= 4 is 29.2 Å². The van der Waals surface area contributed by atoms with Crippen LogP contribution in [-0.4, -0.2) is 12.5 Å². The zero-order valence-electron chi connectivity index (χ0n) is 10.1. The molecule has 0 atom stereocenters. The van der Waals surface area contributed by atoms with Gasteiger partial charge in [0, 0.05) is 16.6 Å². The number of nitrogens with one attached hydrogen (secondary N) is 1. The summed E-state index contributed by atoms with van der Waals surface area (Å²) in [5, 5.41) is 4.40. The molecule has 1 aliphatic carbocycles. The van der Waals surface area contributed by atoms with E-state index < -0.39 is 0 Å². The maximum absolute atomic E-state index is 6.06. The van der Waals surface area contributed by atoms with Crippen LogP contribution in [0, 0.1) is 5.92 Å². The van der Waals surface area contributed by atoms with Gasteiger partial charge >= 0.3 is 0 Å². The monoisotopic (exact) mass is 285 g/mol. The predicted octanol–water partition coefficient (Wildman–Crippen LogP) is 3.20. The molecule has 1 saturated carbocycles. The number of hydrogen-bond acceptors (Lipinski definition) is 1. The second-order valence-corrected chi connectivity index (χ2v) is 5.46. The minimum Gasteiger partial charge on any atom is -0.370 e. The summed E-state index contributed by atoms with van der Waals surface area (Å²) in [5.41, 5.74) is 6.72. The van der Waals surface area contributed by atoms with E-state index in [0.717, 1.165) is 18.0 Å². The average molecular weight is 286 g/mol. The van der Waals surface area contributed by atoms with Gasteiger partial charge in [0.15, 0.2) is 5.96 Å². The Labute approximate surface area is 117 Å². The zero-order chi connectivity index (χ0) is 13.0. The fraction of sp³-hybridized carbons (Fsp3) is 0.462. The lowest BCUT2D eigenvalue weighted by molar-refractivity contribution is 0.315. The number of hydrogen-bond donors (Lipinski definition) is 2. The molecule has 0 heterocycles. The highest BCUT2D eigenvalue weighted by Gasteiger charge is 2.16. The van der Waals surface area contributed by atoms with Crippen molar-refractivity contribution in [2.24, 2.45) is 16.6 Å². The zero-order valence-corrected chi connectivity index (χ0v) is 11.6. The normalized spacial score (nSPS) is 16.4. The van der Waals surface area contributed by atoms with Crippen molar-refractivity contribution in [1.82, 2.24) is 5.32 Å². The van der Waals surface area contributed by atoms with E-state index in [2.05, 4.69) is 10.3 Å². The van der Waals surface area contributed by atoms with Gasteiger partial charge in [-0.05, 0) is 36.5 Å². The molecule has 0 spiro atoms. The SMILES string of the molecule is NC(=NCc1ccc(Cl)cc1Cl)NCC1CCC1. The van der Waals surface area contributed by atoms with Gasteiger partial charge in [-0.1, -0.05) is 35.7 Å². The number of benzene rings is 1. The third kappa shape index (κ3) is 3.79. The molecule has 0 bridgehead atoms. The van der Waals surface area contributed by atoms with Crippen molar-refractivity contribution in [2.75, 3.05) is 6.54 Å². The van der Waals surface area contributed by atoms with Crippen LogP contribution in [0.5, 0.6) is 0 Å². The molecule has 1 fully saturated rings. The molecule has 18 heavy (non-hydrogen) atoms. The van der Waals surface area contributed by atoms with E-state index >= 15 is 0 Å². The summed E-state index contributed by atoms with van der Waals surface area (Å²) in [4.78, 5) is 4.27. The van der Waals surface area contributed by atoms with Crippen molar-refractivity contribution in [3.05, 3.63) is 33.8 Å². The molecule has 0 aliphatic heterocycles. The third-order valence-electron chi connectivity index (χ3n) is 3.23. The molecule has 5 heteroatoms. The number of aliphatic imine (C=N–C) groups is 1. The maximum Gasteiger partial charge on any atom is 0.188 e. The molecule has 3 N–H and O–H groups in total.